The molecule has 1 aliphatic heterocycles. The zero-order valence-electron chi connectivity index (χ0n) is 12.6. The van der Waals surface area contributed by atoms with E-state index in [1.54, 1.807) is 30.6 Å². The van der Waals surface area contributed by atoms with Crippen molar-refractivity contribution in [3.05, 3.63) is 42.4 Å². The highest BCUT2D eigenvalue weighted by Crippen LogP contribution is 2.38. The topological polar surface area (TPSA) is 71.2 Å². The monoisotopic (exact) mass is 340 g/mol. The molecule has 0 aromatic carbocycles. The molecule has 1 N–H and O–H groups in total. The summed E-state index contributed by atoms with van der Waals surface area (Å²) in [7, 11) is 0. The summed E-state index contributed by atoms with van der Waals surface area (Å²) in [4.78, 5) is 17.9. The summed E-state index contributed by atoms with van der Waals surface area (Å²) in [5, 5.41) is 13.7. The van der Waals surface area contributed by atoms with Crippen LogP contribution in [0.1, 0.15) is 23.3 Å². The summed E-state index contributed by atoms with van der Waals surface area (Å²) in [5.41, 5.74) is -2.60. The predicted molar refractivity (Wildman–Crippen MR) is 77.5 cm³/mol. The summed E-state index contributed by atoms with van der Waals surface area (Å²) in [6.07, 6.45) is -2.54. The molecular weight excluding hydrogens is 325 g/mol. The standard InChI is InChI=1S/C15H15F3N4O2/c16-15(17,18)14(24)5-9-21(10-6-14)13(23)11-3-1-4-12(20-11)22-8-2-7-19-22/h1-4,7-8,24H,5-6,9-10H2. The van der Waals surface area contributed by atoms with Crippen molar-refractivity contribution >= 4 is 5.91 Å². The highest BCUT2D eigenvalue weighted by molar-refractivity contribution is 5.92. The minimum Gasteiger partial charge on any atom is -0.380 e. The number of piperidine rings is 1. The van der Waals surface area contributed by atoms with Crippen molar-refractivity contribution < 1.29 is 23.1 Å². The minimum atomic E-state index is -4.69. The van der Waals surface area contributed by atoms with Gasteiger partial charge in [-0.3, -0.25) is 4.79 Å². The van der Waals surface area contributed by atoms with E-state index in [1.807, 2.05) is 0 Å². The fourth-order valence-electron chi connectivity index (χ4n) is 2.60. The lowest BCUT2D eigenvalue weighted by molar-refractivity contribution is -0.271. The van der Waals surface area contributed by atoms with Crippen molar-refractivity contribution in [1.82, 2.24) is 19.7 Å². The Kier molecular flexibility index (Phi) is 4.04. The molecule has 2 aromatic rings. The van der Waals surface area contributed by atoms with E-state index in [2.05, 4.69) is 10.1 Å². The number of nitrogens with zero attached hydrogens (tertiary/aromatic N) is 4. The largest absolute Gasteiger partial charge is 0.417 e. The highest BCUT2D eigenvalue weighted by atomic mass is 19.4. The predicted octanol–water partition coefficient (Wildman–Crippen LogP) is 1.80. The van der Waals surface area contributed by atoms with Crippen LogP contribution < -0.4 is 0 Å². The second-order valence-electron chi connectivity index (χ2n) is 5.65. The summed E-state index contributed by atoms with van der Waals surface area (Å²) in [5.74, 6) is -0.0251. The van der Waals surface area contributed by atoms with Gasteiger partial charge in [0.2, 0.25) is 0 Å². The Morgan fingerprint density at radius 3 is 2.50 bits per heavy atom. The number of hydrogen-bond donors (Lipinski definition) is 1. The summed E-state index contributed by atoms with van der Waals surface area (Å²) < 4.78 is 39.9. The summed E-state index contributed by atoms with van der Waals surface area (Å²) >= 11 is 0. The average Bonchev–Trinajstić information content (AvgIpc) is 3.08. The Bertz CT molecular complexity index is 723. The molecule has 3 rings (SSSR count). The quantitative estimate of drug-likeness (QED) is 0.905. The average molecular weight is 340 g/mol. The normalized spacial score (nSPS) is 17.8. The van der Waals surface area contributed by atoms with Crippen LogP contribution >= 0.6 is 0 Å². The van der Waals surface area contributed by atoms with Crippen molar-refractivity contribution in [2.24, 2.45) is 0 Å². The van der Waals surface area contributed by atoms with Gasteiger partial charge in [0, 0.05) is 38.3 Å². The zero-order chi connectivity index (χ0) is 17.4. The van der Waals surface area contributed by atoms with E-state index >= 15 is 0 Å². The van der Waals surface area contributed by atoms with Crippen LogP contribution in [0, 0.1) is 0 Å². The van der Waals surface area contributed by atoms with E-state index in [-0.39, 0.29) is 18.8 Å². The first-order chi connectivity index (χ1) is 11.3. The number of amides is 1. The Balaban J connectivity index is 1.74. The van der Waals surface area contributed by atoms with Crippen molar-refractivity contribution in [2.45, 2.75) is 24.6 Å². The zero-order valence-corrected chi connectivity index (χ0v) is 12.6. The first-order valence-corrected chi connectivity index (χ1v) is 7.36. The molecule has 1 aliphatic rings. The van der Waals surface area contributed by atoms with E-state index < -0.39 is 30.5 Å². The number of aliphatic hydroxyl groups is 1. The van der Waals surface area contributed by atoms with Crippen LogP contribution in [0.5, 0.6) is 0 Å². The molecule has 0 aliphatic carbocycles. The lowest BCUT2D eigenvalue weighted by atomic mass is 9.90. The molecule has 128 valence electrons. The van der Waals surface area contributed by atoms with Crippen LogP contribution in [-0.4, -0.2) is 55.5 Å². The number of carbonyl (C=O) groups excluding carboxylic acids is 1. The number of aromatic nitrogens is 3. The van der Waals surface area contributed by atoms with Gasteiger partial charge in [-0.2, -0.15) is 18.3 Å². The lowest BCUT2D eigenvalue weighted by Gasteiger charge is -2.38. The molecule has 24 heavy (non-hydrogen) atoms. The molecule has 0 atom stereocenters. The van der Waals surface area contributed by atoms with Gasteiger partial charge in [0.25, 0.3) is 5.91 Å². The van der Waals surface area contributed by atoms with Crippen molar-refractivity contribution in [3.8, 4) is 5.82 Å². The summed E-state index contributed by atoms with van der Waals surface area (Å²) in [6.45, 7) is -0.356. The second kappa shape index (κ2) is 5.90. The first kappa shape index (κ1) is 16.4. The Labute approximate surface area is 135 Å². The molecule has 0 saturated carbocycles. The number of rotatable bonds is 2. The molecule has 0 spiro atoms. The van der Waals surface area contributed by atoms with E-state index in [4.69, 9.17) is 0 Å². The third-order valence-corrected chi connectivity index (χ3v) is 4.10. The molecule has 1 fully saturated rings. The van der Waals surface area contributed by atoms with Gasteiger partial charge >= 0.3 is 6.18 Å². The maximum absolute atomic E-state index is 12.8. The van der Waals surface area contributed by atoms with Gasteiger partial charge in [-0.05, 0) is 18.2 Å². The first-order valence-electron chi connectivity index (χ1n) is 7.36. The van der Waals surface area contributed by atoms with Crippen molar-refractivity contribution in [2.75, 3.05) is 13.1 Å². The molecule has 0 unspecified atom stereocenters. The maximum atomic E-state index is 12.8. The van der Waals surface area contributed by atoms with E-state index in [1.165, 1.54) is 15.6 Å². The van der Waals surface area contributed by atoms with Gasteiger partial charge in [-0.25, -0.2) is 9.67 Å². The van der Waals surface area contributed by atoms with E-state index in [0.29, 0.717) is 5.82 Å². The highest BCUT2D eigenvalue weighted by Gasteiger charge is 2.54. The number of alkyl halides is 3. The van der Waals surface area contributed by atoms with Gasteiger partial charge in [-0.15, -0.1) is 0 Å². The number of carbonyl (C=O) groups is 1. The molecule has 1 amide bonds. The number of likely N-dealkylation sites (tertiary alicyclic amines) is 1. The van der Waals surface area contributed by atoms with Gasteiger partial charge < -0.3 is 10.0 Å². The lowest BCUT2D eigenvalue weighted by Crippen LogP contribution is -2.54. The van der Waals surface area contributed by atoms with Crippen molar-refractivity contribution in [3.63, 3.8) is 0 Å². The fourth-order valence-corrected chi connectivity index (χ4v) is 2.60. The van der Waals surface area contributed by atoms with Crippen LogP contribution in [0.3, 0.4) is 0 Å². The van der Waals surface area contributed by atoms with E-state index in [0.717, 1.165) is 0 Å². The SMILES string of the molecule is O=C(c1cccc(-n2cccn2)n1)N1CCC(O)(C(F)(F)F)CC1. The second-order valence-corrected chi connectivity index (χ2v) is 5.65. The molecule has 6 nitrogen and oxygen atoms in total. The summed E-state index contributed by atoms with van der Waals surface area (Å²) in [6, 6.07) is 6.51. The van der Waals surface area contributed by atoms with E-state index in [9.17, 15) is 23.1 Å². The number of hydrogen-bond acceptors (Lipinski definition) is 4. The van der Waals surface area contributed by atoms with Crippen LogP contribution in [0.4, 0.5) is 13.2 Å². The molecule has 9 heteroatoms. The molecule has 0 radical (unpaired) electrons. The minimum absolute atomic E-state index is 0.125. The van der Waals surface area contributed by atoms with Crippen LogP contribution in [-0.2, 0) is 0 Å². The van der Waals surface area contributed by atoms with Crippen LogP contribution in [0.2, 0.25) is 0 Å². The van der Waals surface area contributed by atoms with Gasteiger partial charge in [0.1, 0.15) is 5.69 Å². The molecule has 2 aromatic heterocycles. The van der Waals surface area contributed by atoms with Crippen LogP contribution in [0.15, 0.2) is 36.7 Å². The van der Waals surface area contributed by atoms with Gasteiger partial charge in [0.05, 0.1) is 0 Å². The molecule has 1 saturated heterocycles. The fraction of sp³-hybridized carbons (Fsp3) is 0.400. The molecular formula is C15H15F3N4O2. The third kappa shape index (κ3) is 2.99. The Morgan fingerprint density at radius 1 is 1.21 bits per heavy atom. The molecule has 0 bridgehead atoms. The maximum Gasteiger partial charge on any atom is 0.417 e. The molecule has 3 heterocycles. The van der Waals surface area contributed by atoms with Crippen molar-refractivity contribution in [1.29, 1.82) is 0 Å². The number of pyridine rings is 1. The van der Waals surface area contributed by atoms with Gasteiger partial charge in [-0.1, -0.05) is 6.07 Å². The van der Waals surface area contributed by atoms with Crippen LogP contribution in [0.25, 0.3) is 5.82 Å². The third-order valence-electron chi connectivity index (χ3n) is 4.10. The van der Waals surface area contributed by atoms with Gasteiger partial charge in [0.15, 0.2) is 11.4 Å². The Morgan fingerprint density at radius 2 is 1.92 bits per heavy atom. The smallest absolute Gasteiger partial charge is 0.380 e. The Hall–Kier alpha value is -2.42. The number of halogens is 3.